The maximum absolute atomic E-state index is 12.2. The van der Waals surface area contributed by atoms with Gasteiger partial charge in [-0.1, -0.05) is 111 Å². The zero-order valence-electron chi connectivity index (χ0n) is 20.3. The van der Waals surface area contributed by atoms with Crippen molar-refractivity contribution in [1.82, 2.24) is 5.32 Å². The van der Waals surface area contributed by atoms with E-state index in [1.807, 2.05) is 20.8 Å². The van der Waals surface area contributed by atoms with E-state index < -0.39 is 12.1 Å². The molecule has 0 aromatic heterocycles. The van der Waals surface area contributed by atoms with E-state index in [4.69, 9.17) is 9.47 Å². The van der Waals surface area contributed by atoms with Gasteiger partial charge in [0.2, 0.25) is 0 Å². The third kappa shape index (κ3) is 17.6. The van der Waals surface area contributed by atoms with Crippen LogP contribution in [0.3, 0.4) is 0 Å². The largest absolute Gasteiger partial charge is 0.464 e. The lowest BCUT2D eigenvalue weighted by atomic mass is 10.0. The average molecular weight is 428 g/mol. The van der Waals surface area contributed by atoms with Gasteiger partial charge in [-0.3, -0.25) is 0 Å². The van der Waals surface area contributed by atoms with E-state index in [-0.39, 0.29) is 11.9 Å². The van der Waals surface area contributed by atoms with Crippen LogP contribution in [0.25, 0.3) is 0 Å². The van der Waals surface area contributed by atoms with Crippen molar-refractivity contribution < 1.29 is 19.1 Å². The highest BCUT2D eigenvalue weighted by Crippen LogP contribution is 2.13. The standard InChI is InChI=1S/C25H49NO4/c1-5-7-8-9-10-11-12-13-14-15-16-17-18-19-21-29-24(27)23(22(3)4)26-25(28)30-20-6-2/h22-23H,5-21H2,1-4H3,(H,26,28)/t23-/m0/s1. The molecule has 0 fully saturated rings. The highest BCUT2D eigenvalue weighted by atomic mass is 16.6. The summed E-state index contributed by atoms with van der Waals surface area (Å²) < 4.78 is 10.4. The van der Waals surface area contributed by atoms with E-state index in [1.165, 1.54) is 77.0 Å². The first-order valence-electron chi connectivity index (χ1n) is 12.6. The van der Waals surface area contributed by atoms with Crippen LogP contribution in [-0.4, -0.2) is 31.3 Å². The Balaban J connectivity index is 3.59. The second kappa shape index (κ2) is 21.0. The summed E-state index contributed by atoms with van der Waals surface area (Å²) in [4.78, 5) is 23.9. The molecule has 178 valence electrons. The lowest BCUT2D eigenvalue weighted by Crippen LogP contribution is -2.45. The van der Waals surface area contributed by atoms with Gasteiger partial charge in [-0.25, -0.2) is 9.59 Å². The second-order valence-electron chi connectivity index (χ2n) is 8.77. The molecule has 0 aliphatic carbocycles. The van der Waals surface area contributed by atoms with Crippen LogP contribution in [0.2, 0.25) is 0 Å². The minimum atomic E-state index is -0.652. The summed E-state index contributed by atoms with van der Waals surface area (Å²) >= 11 is 0. The van der Waals surface area contributed by atoms with Crippen LogP contribution in [0.1, 0.15) is 124 Å². The molecule has 5 heteroatoms. The van der Waals surface area contributed by atoms with Gasteiger partial charge in [-0.2, -0.15) is 0 Å². The molecule has 1 atom stereocenters. The smallest absolute Gasteiger partial charge is 0.407 e. The van der Waals surface area contributed by atoms with Crippen molar-refractivity contribution in [2.75, 3.05) is 13.2 Å². The molecule has 1 N–H and O–H groups in total. The van der Waals surface area contributed by atoms with Gasteiger partial charge in [-0.05, 0) is 18.8 Å². The molecule has 0 saturated carbocycles. The highest BCUT2D eigenvalue weighted by Gasteiger charge is 2.26. The van der Waals surface area contributed by atoms with Crippen LogP contribution < -0.4 is 5.32 Å². The molecule has 0 heterocycles. The van der Waals surface area contributed by atoms with Gasteiger partial charge in [0.25, 0.3) is 0 Å². The summed E-state index contributed by atoms with van der Waals surface area (Å²) in [6.45, 7) is 8.74. The molecule has 0 radical (unpaired) electrons. The van der Waals surface area contributed by atoms with Gasteiger partial charge >= 0.3 is 12.1 Å². The minimum Gasteiger partial charge on any atom is -0.464 e. The highest BCUT2D eigenvalue weighted by molar-refractivity contribution is 5.81. The maximum Gasteiger partial charge on any atom is 0.407 e. The van der Waals surface area contributed by atoms with Crippen molar-refractivity contribution in [2.24, 2.45) is 5.92 Å². The molecule has 0 bridgehead atoms. The third-order valence-corrected chi connectivity index (χ3v) is 5.37. The van der Waals surface area contributed by atoms with Crippen molar-refractivity contribution in [2.45, 2.75) is 130 Å². The Morgan fingerprint density at radius 2 is 1.10 bits per heavy atom. The van der Waals surface area contributed by atoms with Gasteiger partial charge in [-0.15, -0.1) is 0 Å². The number of carbonyl (C=O) groups is 2. The van der Waals surface area contributed by atoms with Gasteiger partial charge < -0.3 is 14.8 Å². The number of amides is 1. The van der Waals surface area contributed by atoms with Gasteiger partial charge in [0.05, 0.1) is 13.2 Å². The molecule has 0 unspecified atom stereocenters. The lowest BCUT2D eigenvalue weighted by Gasteiger charge is -2.20. The second-order valence-corrected chi connectivity index (χ2v) is 8.77. The molecule has 0 aromatic rings. The number of ether oxygens (including phenoxy) is 2. The average Bonchev–Trinajstić information content (AvgIpc) is 2.72. The molecule has 0 aromatic carbocycles. The van der Waals surface area contributed by atoms with Crippen LogP contribution in [0.5, 0.6) is 0 Å². The van der Waals surface area contributed by atoms with Crippen molar-refractivity contribution in [3.63, 3.8) is 0 Å². The first-order valence-corrected chi connectivity index (χ1v) is 12.6. The molecular weight excluding hydrogens is 378 g/mol. The van der Waals surface area contributed by atoms with Gasteiger partial charge in [0.1, 0.15) is 6.04 Å². The Bertz CT molecular complexity index is 412. The van der Waals surface area contributed by atoms with E-state index in [2.05, 4.69) is 12.2 Å². The molecule has 5 nitrogen and oxygen atoms in total. The Kier molecular flexibility index (Phi) is 20.1. The van der Waals surface area contributed by atoms with E-state index in [0.717, 1.165) is 19.3 Å². The monoisotopic (exact) mass is 427 g/mol. The van der Waals surface area contributed by atoms with E-state index in [0.29, 0.717) is 13.2 Å². The maximum atomic E-state index is 12.2. The van der Waals surface area contributed by atoms with Crippen LogP contribution in [0.4, 0.5) is 4.79 Å². The number of esters is 1. The molecular formula is C25H49NO4. The molecule has 0 aliphatic rings. The van der Waals surface area contributed by atoms with Gasteiger partial charge in [0, 0.05) is 0 Å². The fraction of sp³-hybridized carbons (Fsp3) is 0.920. The number of hydrogen-bond donors (Lipinski definition) is 1. The van der Waals surface area contributed by atoms with Crippen molar-refractivity contribution in [3.8, 4) is 0 Å². The van der Waals surface area contributed by atoms with Crippen LogP contribution in [0, 0.1) is 5.92 Å². The summed E-state index contributed by atoms with van der Waals surface area (Å²) in [7, 11) is 0. The first kappa shape index (κ1) is 28.7. The number of alkyl carbamates (subject to hydrolysis) is 1. The van der Waals surface area contributed by atoms with Gasteiger partial charge in [0.15, 0.2) is 0 Å². The normalized spacial score (nSPS) is 12.0. The molecule has 0 saturated heterocycles. The van der Waals surface area contributed by atoms with E-state index >= 15 is 0 Å². The Morgan fingerprint density at radius 3 is 1.53 bits per heavy atom. The quantitative estimate of drug-likeness (QED) is 0.165. The number of nitrogens with one attached hydrogen (secondary N) is 1. The molecule has 0 rings (SSSR count). The SMILES string of the molecule is CCCCCCCCCCCCCCCCOC(=O)[C@@H](NC(=O)OCCC)C(C)C. The Labute approximate surface area is 186 Å². The molecule has 0 spiro atoms. The zero-order chi connectivity index (χ0) is 22.5. The topological polar surface area (TPSA) is 64.6 Å². The number of unbranched alkanes of at least 4 members (excludes halogenated alkanes) is 13. The predicted molar refractivity (Wildman–Crippen MR) is 125 cm³/mol. The summed E-state index contributed by atoms with van der Waals surface area (Å²) in [6.07, 6.45) is 18.4. The van der Waals surface area contributed by atoms with Crippen molar-refractivity contribution in [3.05, 3.63) is 0 Å². The van der Waals surface area contributed by atoms with E-state index in [1.54, 1.807) is 0 Å². The predicted octanol–water partition coefficient (Wildman–Crippen LogP) is 7.17. The van der Waals surface area contributed by atoms with Crippen molar-refractivity contribution >= 4 is 12.1 Å². The number of rotatable bonds is 20. The molecule has 30 heavy (non-hydrogen) atoms. The first-order chi connectivity index (χ1) is 14.5. The fourth-order valence-electron chi connectivity index (χ4n) is 3.42. The fourth-order valence-corrected chi connectivity index (χ4v) is 3.42. The van der Waals surface area contributed by atoms with E-state index in [9.17, 15) is 9.59 Å². The van der Waals surface area contributed by atoms with Crippen LogP contribution in [-0.2, 0) is 14.3 Å². The number of carbonyl (C=O) groups excluding carboxylic acids is 2. The summed E-state index contributed by atoms with van der Waals surface area (Å²) in [5.74, 6) is -0.406. The third-order valence-electron chi connectivity index (χ3n) is 5.37. The van der Waals surface area contributed by atoms with Crippen molar-refractivity contribution in [1.29, 1.82) is 0 Å². The zero-order valence-corrected chi connectivity index (χ0v) is 20.3. The lowest BCUT2D eigenvalue weighted by molar-refractivity contribution is -0.147. The molecule has 1 amide bonds. The van der Waals surface area contributed by atoms with Crippen LogP contribution >= 0.6 is 0 Å². The Morgan fingerprint density at radius 1 is 0.633 bits per heavy atom. The van der Waals surface area contributed by atoms with Crippen LogP contribution in [0.15, 0.2) is 0 Å². The molecule has 0 aliphatic heterocycles. The Hall–Kier alpha value is -1.26. The minimum absolute atomic E-state index is 0.0389. The number of hydrogen-bond acceptors (Lipinski definition) is 4. The summed E-state index contributed by atoms with van der Waals surface area (Å²) in [6, 6.07) is -0.652. The summed E-state index contributed by atoms with van der Waals surface area (Å²) in [5, 5.41) is 2.62. The summed E-state index contributed by atoms with van der Waals surface area (Å²) in [5.41, 5.74) is 0.